The molecule has 0 aliphatic heterocycles. The Bertz CT molecular complexity index is 433. The number of thiazole rings is 1. The Hall–Kier alpha value is -0.940. The van der Waals surface area contributed by atoms with Gasteiger partial charge in [0.05, 0.1) is 16.8 Å². The maximum Gasteiger partial charge on any atom is 0.220 e. The van der Waals surface area contributed by atoms with Gasteiger partial charge in [-0.25, -0.2) is 4.98 Å². The standard InChI is InChI=1S/C15H24N2O2S/c1-11-17-13(10-20-11)5-3-7-15(19)16-9-12-4-2-6-14(18)8-12/h10,12,14,18H,2-9H2,1H3,(H,16,19). The maximum absolute atomic E-state index is 11.8. The summed E-state index contributed by atoms with van der Waals surface area (Å²) in [5, 5.41) is 15.7. The molecule has 0 radical (unpaired) electrons. The number of aryl methyl sites for hydroxylation is 2. The van der Waals surface area contributed by atoms with Crippen LogP contribution in [0.15, 0.2) is 5.38 Å². The lowest BCUT2D eigenvalue weighted by Crippen LogP contribution is -2.32. The van der Waals surface area contributed by atoms with E-state index < -0.39 is 0 Å². The predicted molar refractivity (Wildman–Crippen MR) is 80.8 cm³/mol. The number of nitrogens with zero attached hydrogens (tertiary/aromatic N) is 1. The summed E-state index contributed by atoms with van der Waals surface area (Å²) in [6.07, 6.45) is 6.06. The van der Waals surface area contributed by atoms with Gasteiger partial charge in [-0.05, 0) is 44.9 Å². The molecule has 1 fully saturated rings. The quantitative estimate of drug-likeness (QED) is 0.847. The van der Waals surface area contributed by atoms with Crippen LogP contribution in [0.2, 0.25) is 0 Å². The summed E-state index contributed by atoms with van der Waals surface area (Å²) in [4.78, 5) is 16.2. The first-order valence-corrected chi connectivity index (χ1v) is 8.37. The lowest BCUT2D eigenvalue weighted by atomic mass is 9.87. The van der Waals surface area contributed by atoms with Gasteiger partial charge in [0.25, 0.3) is 0 Å². The Kier molecular flexibility index (Phi) is 5.98. The molecule has 2 rings (SSSR count). The number of aromatic nitrogens is 1. The third-order valence-electron chi connectivity index (χ3n) is 3.85. The number of carbonyl (C=O) groups is 1. The zero-order chi connectivity index (χ0) is 14.4. The fourth-order valence-electron chi connectivity index (χ4n) is 2.75. The van der Waals surface area contributed by atoms with Crippen molar-refractivity contribution in [3.63, 3.8) is 0 Å². The van der Waals surface area contributed by atoms with Crippen molar-refractivity contribution in [2.45, 2.75) is 58.0 Å². The fourth-order valence-corrected chi connectivity index (χ4v) is 3.39. The minimum absolute atomic E-state index is 0.122. The van der Waals surface area contributed by atoms with E-state index in [1.54, 1.807) is 11.3 Å². The van der Waals surface area contributed by atoms with Crippen LogP contribution in [0.1, 0.15) is 49.2 Å². The third-order valence-corrected chi connectivity index (χ3v) is 4.67. The molecule has 4 nitrogen and oxygen atoms in total. The molecule has 5 heteroatoms. The second kappa shape index (κ2) is 7.74. The first kappa shape index (κ1) is 15.4. The largest absolute Gasteiger partial charge is 0.393 e. The number of nitrogens with one attached hydrogen (secondary N) is 1. The number of carbonyl (C=O) groups excluding carboxylic acids is 1. The van der Waals surface area contributed by atoms with Gasteiger partial charge in [-0.1, -0.05) is 6.42 Å². The van der Waals surface area contributed by atoms with Crippen LogP contribution in [-0.4, -0.2) is 28.6 Å². The van der Waals surface area contributed by atoms with Crippen LogP contribution in [0, 0.1) is 12.8 Å². The van der Waals surface area contributed by atoms with E-state index in [1.807, 2.05) is 6.92 Å². The van der Waals surface area contributed by atoms with E-state index in [4.69, 9.17) is 0 Å². The zero-order valence-electron chi connectivity index (χ0n) is 12.1. The molecule has 0 spiro atoms. The molecule has 1 aliphatic rings. The van der Waals surface area contributed by atoms with E-state index in [9.17, 15) is 9.90 Å². The molecular weight excluding hydrogens is 272 g/mol. The van der Waals surface area contributed by atoms with E-state index in [0.717, 1.165) is 49.2 Å². The fraction of sp³-hybridized carbons (Fsp3) is 0.733. The van der Waals surface area contributed by atoms with E-state index in [1.165, 1.54) is 0 Å². The van der Waals surface area contributed by atoms with Crippen molar-refractivity contribution in [3.05, 3.63) is 16.1 Å². The molecule has 1 aromatic heterocycles. The minimum atomic E-state index is -0.168. The molecule has 1 aromatic rings. The van der Waals surface area contributed by atoms with Gasteiger partial charge in [0.2, 0.25) is 5.91 Å². The molecule has 2 N–H and O–H groups in total. The molecule has 1 saturated carbocycles. The Balaban J connectivity index is 1.58. The van der Waals surface area contributed by atoms with Crippen molar-refractivity contribution in [3.8, 4) is 0 Å². The second-order valence-corrected chi connectivity index (χ2v) is 6.76. The van der Waals surface area contributed by atoms with Gasteiger partial charge in [0.1, 0.15) is 0 Å². The van der Waals surface area contributed by atoms with Crippen molar-refractivity contribution >= 4 is 17.2 Å². The summed E-state index contributed by atoms with van der Waals surface area (Å²) in [5.74, 6) is 0.570. The highest BCUT2D eigenvalue weighted by Crippen LogP contribution is 2.23. The van der Waals surface area contributed by atoms with Gasteiger partial charge >= 0.3 is 0 Å². The number of hydrogen-bond acceptors (Lipinski definition) is 4. The van der Waals surface area contributed by atoms with Crippen molar-refractivity contribution in [1.29, 1.82) is 0 Å². The van der Waals surface area contributed by atoms with Gasteiger partial charge in [0.15, 0.2) is 0 Å². The van der Waals surface area contributed by atoms with Crippen LogP contribution in [0.4, 0.5) is 0 Å². The Morgan fingerprint density at radius 3 is 3.10 bits per heavy atom. The number of amides is 1. The lowest BCUT2D eigenvalue weighted by Gasteiger charge is -2.25. The van der Waals surface area contributed by atoms with Crippen molar-refractivity contribution in [1.82, 2.24) is 10.3 Å². The SMILES string of the molecule is Cc1nc(CCCC(=O)NCC2CCCC(O)C2)cs1. The summed E-state index contributed by atoms with van der Waals surface area (Å²) in [7, 11) is 0. The van der Waals surface area contributed by atoms with Crippen LogP contribution >= 0.6 is 11.3 Å². The van der Waals surface area contributed by atoms with Crippen molar-refractivity contribution in [2.75, 3.05) is 6.54 Å². The van der Waals surface area contributed by atoms with E-state index in [-0.39, 0.29) is 12.0 Å². The molecule has 2 atom stereocenters. The van der Waals surface area contributed by atoms with Crippen LogP contribution < -0.4 is 5.32 Å². The molecule has 1 heterocycles. The van der Waals surface area contributed by atoms with Gasteiger partial charge in [0, 0.05) is 18.3 Å². The average Bonchev–Trinajstić information content (AvgIpc) is 2.82. The van der Waals surface area contributed by atoms with Gasteiger partial charge in [-0.2, -0.15) is 0 Å². The molecule has 0 saturated heterocycles. The van der Waals surface area contributed by atoms with Crippen LogP contribution in [0.5, 0.6) is 0 Å². The highest BCUT2D eigenvalue weighted by Gasteiger charge is 2.20. The van der Waals surface area contributed by atoms with Crippen molar-refractivity contribution in [2.24, 2.45) is 5.92 Å². The maximum atomic E-state index is 11.8. The van der Waals surface area contributed by atoms with Crippen LogP contribution in [0.3, 0.4) is 0 Å². The van der Waals surface area contributed by atoms with Gasteiger partial charge in [-0.3, -0.25) is 4.79 Å². The van der Waals surface area contributed by atoms with Crippen molar-refractivity contribution < 1.29 is 9.90 Å². The first-order valence-electron chi connectivity index (χ1n) is 7.49. The normalized spacial score (nSPS) is 22.7. The second-order valence-electron chi connectivity index (χ2n) is 5.70. The molecule has 112 valence electrons. The van der Waals surface area contributed by atoms with Gasteiger partial charge in [-0.15, -0.1) is 11.3 Å². The minimum Gasteiger partial charge on any atom is -0.393 e. The number of aliphatic hydroxyl groups is 1. The number of aliphatic hydroxyl groups excluding tert-OH is 1. The summed E-state index contributed by atoms with van der Waals surface area (Å²) in [6, 6.07) is 0. The third kappa shape index (κ3) is 5.21. The first-order chi connectivity index (χ1) is 9.63. The molecule has 0 aromatic carbocycles. The summed E-state index contributed by atoms with van der Waals surface area (Å²) in [6.45, 7) is 2.71. The summed E-state index contributed by atoms with van der Waals surface area (Å²) in [5.41, 5.74) is 1.09. The zero-order valence-corrected chi connectivity index (χ0v) is 12.9. The Morgan fingerprint density at radius 1 is 1.55 bits per heavy atom. The number of rotatable bonds is 6. The highest BCUT2D eigenvalue weighted by atomic mass is 32.1. The smallest absolute Gasteiger partial charge is 0.220 e. The molecule has 20 heavy (non-hydrogen) atoms. The number of hydrogen-bond donors (Lipinski definition) is 2. The predicted octanol–water partition coefficient (Wildman–Crippen LogP) is 2.44. The molecule has 1 amide bonds. The van der Waals surface area contributed by atoms with Crippen LogP contribution in [-0.2, 0) is 11.2 Å². The lowest BCUT2D eigenvalue weighted by molar-refractivity contribution is -0.121. The van der Waals surface area contributed by atoms with Crippen LogP contribution in [0.25, 0.3) is 0 Å². The monoisotopic (exact) mass is 296 g/mol. The van der Waals surface area contributed by atoms with E-state index >= 15 is 0 Å². The van der Waals surface area contributed by atoms with Gasteiger partial charge < -0.3 is 10.4 Å². The topological polar surface area (TPSA) is 62.2 Å². The summed E-state index contributed by atoms with van der Waals surface area (Å²) >= 11 is 1.66. The average molecular weight is 296 g/mol. The Labute approximate surface area is 124 Å². The molecular formula is C15H24N2O2S. The molecule has 0 bridgehead atoms. The Morgan fingerprint density at radius 2 is 2.40 bits per heavy atom. The summed E-state index contributed by atoms with van der Waals surface area (Å²) < 4.78 is 0. The van der Waals surface area contributed by atoms with E-state index in [2.05, 4.69) is 15.7 Å². The molecule has 2 unspecified atom stereocenters. The van der Waals surface area contributed by atoms with E-state index in [0.29, 0.717) is 18.9 Å². The molecule has 1 aliphatic carbocycles. The highest BCUT2D eigenvalue weighted by molar-refractivity contribution is 7.09.